The van der Waals surface area contributed by atoms with Crippen LogP contribution in [0.4, 0.5) is 0 Å². The molecule has 0 unspecified atom stereocenters. The Hall–Kier alpha value is -2.04. The van der Waals surface area contributed by atoms with Gasteiger partial charge < -0.3 is 14.2 Å². The molecule has 120 valence electrons. The Morgan fingerprint density at radius 1 is 1.09 bits per heavy atom. The first-order valence-corrected chi connectivity index (χ1v) is 7.60. The molecule has 5 heteroatoms. The Labute approximate surface area is 130 Å². The molecule has 2 rings (SSSR count). The molecule has 1 fully saturated rings. The summed E-state index contributed by atoms with van der Waals surface area (Å²) in [4.78, 5) is 23.9. The lowest BCUT2D eigenvalue weighted by Gasteiger charge is -2.27. The van der Waals surface area contributed by atoms with E-state index < -0.39 is 11.4 Å². The smallest absolute Gasteiger partial charge is 0.344 e. The average molecular weight is 306 g/mol. The zero-order valence-electron chi connectivity index (χ0n) is 13.1. The van der Waals surface area contributed by atoms with Crippen molar-refractivity contribution in [2.24, 2.45) is 0 Å². The van der Waals surface area contributed by atoms with E-state index in [4.69, 9.17) is 14.2 Å². The van der Waals surface area contributed by atoms with Gasteiger partial charge in [-0.05, 0) is 37.5 Å². The summed E-state index contributed by atoms with van der Waals surface area (Å²) < 4.78 is 15.2. The predicted molar refractivity (Wildman–Crippen MR) is 80.7 cm³/mol. The molecule has 0 aliphatic heterocycles. The van der Waals surface area contributed by atoms with Gasteiger partial charge in [-0.2, -0.15) is 0 Å². The van der Waals surface area contributed by atoms with E-state index in [9.17, 15) is 9.59 Å². The molecule has 0 atom stereocenters. The normalized spacial score (nSPS) is 16.1. The van der Waals surface area contributed by atoms with E-state index in [1.54, 1.807) is 14.0 Å². The maximum atomic E-state index is 12.6. The predicted octanol–water partition coefficient (Wildman–Crippen LogP) is 2.61. The van der Waals surface area contributed by atoms with Crippen molar-refractivity contribution in [1.82, 2.24) is 0 Å². The van der Waals surface area contributed by atoms with E-state index in [0.717, 1.165) is 37.0 Å². The second-order valence-corrected chi connectivity index (χ2v) is 5.40. The number of hydrogen-bond acceptors (Lipinski definition) is 5. The monoisotopic (exact) mass is 306 g/mol. The van der Waals surface area contributed by atoms with Gasteiger partial charge in [-0.1, -0.05) is 25.0 Å². The second-order valence-electron chi connectivity index (χ2n) is 5.40. The molecule has 0 N–H and O–H groups in total. The number of methoxy groups -OCH3 is 1. The van der Waals surface area contributed by atoms with Crippen molar-refractivity contribution in [2.75, 3.05) is 20.3 Å². The van der Waals surface area contributed by atoms with Crippen LogP contribution in [0.25, 0.3) is 0 Å². The molecule has 0 spiro atoms. The number of carbonyl (C=O) groups is 2. The zero-order chi connectivity index (χ0) is 16.0. The Morgan fingerprint density at radius 2 is 1.73 bits per heavy atom. The van der Waals surface area contributed by atoms with E-state index in [-0.39, 0.29) is 19.2 Å². The largest absolute Gasteiger partial charge is 0.497 e. The molecule has 5 nitrogen and oxygen atoms in total. The molecule has 0 bridgehead atoms. The van der Waals surface area contributed by atoms with Crippen LogP contribution in [0.2, 0.25) is 0 Å². The van der Waals surface area contributed by atoms with Crippen LogP contribution in [-0.4, -0.2) is 32.3 Å². The summed E-state index contributed by atoms with van der Waals surface area (Å²) in [5, 5.41) is 0. The topological polar surface area (TPSA) is 61.8 Å². The minimum atomic E-state index is -0.654. The van der Waals surface area contributed by atoms with E-state index in [1.165, 1.54) is 0 Å². The van der Waals surface area contributed by atoms with Crippen LogP contribution in [0.1, 0.15) is 38.2 Å². The van der Waals surface area contributed by atoms with Gasteiger partial charge in [0.15, 0.2) is 6.61 Å². The van der Waals surface area contributed by atoms with Gasteiger partial charge in [-0.25, -0.2) is 4.79 Å². The van der Waals surface area contributed by atoms with Crippen molar-refractivity contribution in [2.45, 2.75) is 38.0 Å². The summed E-state index contributed by atoms with van der Waals surface area (Å²) in [5.41, 5.74) is 0.262. The third-order valence-corrected chi connectivity index (χ3v) is 4.12. The van der Waals surface area contributed by atoms with Gasteiger partial charge in [-0.15, -0.1) is 0 Å². The fraction of sp³-hybridized carbons (Fsp3) is 0.529. The molecule has 1 aromatic rings. The van der Waals surface area contributed by atoms with Gasteiger partial charge in [0.1, 0.15) is 5.75 Å². The average Bonchev–Trinajstić information content (AvgIpc) is 3.04. The Kier molecular flexibility index (Phi) is 5.41. The maximum Gasteiger partial charge on any atom is 0.344 e. The van der Waals surface area contributed by atoms with Crippen molar-refractivity contribution < 1.29 is 23.8 Å². The van der Waals surface area contributed by atoms with Crippen LogP contribution >= 0.6 is 0 Å². The Morgan fingerprint density at radius 3 is 2.27 bits per heavy atom. The van der Waals surface area contributed by atoms with E-state index in [1.807, 2.05) is 24.3 Å². The van der Waals surface area contributed by atoms with Crippen molar-refractivity contribution >= 4 is 11.9 Å². The molecule has 22 heavy (non-hydrogen) atoms. The highest BCUT2D eigenvalue weighted by Crippen LogP contribution is 2.42. The summed E-state index contributed by atoms with van der Waals surface area (Å²) in [5.74, 6) is -0.112. The molecule has 1 aromatic carbocycles. The Balaban J connectivity index is 2.13. The fourth-order valence-electron chi connectivity index (χ4n) is 2.96. The molecule has 0 amide bonds. The highest BCUT2D eigenvalue weighted by molar-refractivity contribution is 5.85. The van der Waals surface area contributed by atoms with Gasteiger partial charge in [0.2, 0.25) is 0 Å². The standard InChI is InChI=1S/C17H22O5/c1-3-21-15(18)12-22-16(19)17(10-4-5-11-17)13-6-8-14(20-2)9-7-13/h6-9H,3-5,10-12H2,1-2H3. The number of carbonyl (C=O) groups excluding carboxylic acids is 2. The second kappa shape index (κ2) is 7.29. The van der Waals surface area contributed by atoms with E-state index >= 15 is 0 Å². The third-order valence-electron chi connectivity index (χ3n) is 4.12. The van der Waals surface area contributed by atoms with Crippen LogP contribution in [0.3, 0.4) is 0 Å². The lowest BCUT2D eigenvalue weighted by Crippen LogP contribution is -2.36. The van der Waals surface area contributed by atoms with Gasteiger partial charge in [0, 0.05) is 0 Å². The van der Waals surface area contributed by atoms with Crippen LogP contribution in [0.15, 0.2) is 24.3 Å². The molecule has 1 aliphatic carbocycles. The summed E-state index contributed by atoms with van der Waals surface area (Å²) >= 11 is 0. The van der Waals surface area contributed by atoms with Crippen molar-refractivity contribution in [1.29, 1.82) is 0 Å². The zero-order valence-corrected chi connectivity index (χ0v) is 13.1. The number of rotatable bonds is 6. The van der Waals surface area contributed by atoms with Gasteiger partial charge in [0.25, 0.3) is 0 Å². The minimum Gasteiger partial charge on any atom is -0.497 e. The highest BCUT2D eigenvalue weighted by atomic mass is 16.6. The van der Waals surface area contributed by atoms with Crippen LogP contribution in [0.5, 0.6) is 5.75 Å². The Bertz CT molecular complexity index is 514. The van der Waals surface area contributed by atoms with Gasteiger partial charge in [0.05, 0.1) is 19.1 Å². The van der Waals surface area contributed by atoms with Crippen molar-refractivity contribution in [3.05, 3.63) is 29.8 Å². The summed E-state index contributed by atoms with van der Waals surface area (Å²) in [6.07, 6.45) is 3.42. The molecular formula is C17H22O5. The number of hydrogen-bond donors (Lipinski definition) is 0. The minimum absolute atomic E-state index is 0.278. The molecule has 0 heterocycles. The fourth-order valence-corrected chi connectivity index (χ4v) is 2.96. The molecule has 0 radical (unpaired) electrons. The van der Waals surface area contributed by atoms with E-state index in [0.29, 0.717) is 0 Å². The molecular weight excluding hydrogens is 284 g/mol. The first-order valence-electron chi connectivity index (χ1n) is 7.60. The summed E-state index contributed by atoms with van der Waals surface area (Å²) in [6, 6.07) is 7.48. The highest BCUT2D eigenvalue weighted by Gasteiger charge is 2.44. The number of esters is 2. The van der Waals surface area contributed by atoms with Crippen molar-refractivity contribution in [3.63, 3.8) is 0 Å². The SMILES string of the molecule is CCOC(=O)COC(=O)C1(c2ccc(OC)cc2)CCCC1. The maximum absolute atomic E-state index is 12.6. The first kappa shape index (κ1) is 16.3. The van der Waals surface area contributed by atoms with Crippen LogP contribution < -0.4 is 4.74 Å². The van der Waals surface area contributed by atoms with Crippen molar-refractivity contribution in [3.8, 4) is 5.75 Å². The molecule has 1 aliphatic rings. The van der Waals surface area contributed by atoms with Gasteiger partial charge >= 0.3 is 11.9 Å². The molecule has 1 saturated carbocycles. The van der Waals surface area contributed by atoms with Crippen LogP contribution in [-0.2, 0) is 24.5 Å². The summed E-state index contributed by atoms with van der Waals surface area (Å²) in [6.45, 7) is 1.67. The first-order chi connectivity index (χ1) is 10.6. The molecule has 0 aromatic heterocycles. The number of benzene rings is 1. The quantitative estimate of drug-likeness (QED) is 0.756. The van der Waals surface area contributed by atoms with Gasteiger partial charge in [-0.3, -0.25) is 4.79 Å². The lowest BCUT2D eigenvalue weighted by atomic mass is 9.79. The van der Waals surface area contributed by atoms with Crippen LogP contribution in [0, 0.1) is 0 Å². The summed E-state index contributed by atoms with van der Waals surface area (Å²) in [7, 11) is 1.61. The lowest BCUT2D eigenvalue weighted by molar-refractivity contribution is -0.162. The van der Waals surface area contributed by atoms with E-state index in [2.05, 4.69) is 0 Å². The molecule has 0 saturated heterocycles. The number of ether oxygens (including phenoxy) is 3. The third kappa shape index (κ3) is 3.40.